The summed E-state index contributed by atoms with van der Waals surface area (Å²) < 4.78 is 0. The maximum absolute atomic E-state index is 6.24. The van der Waals surface area contributed by atoms with Crippen molar-refractivity contribution in [2.24, 2.45) is 0 Å². The minimum atomic E-state index is 0.227. The zero-order valence-electron chi connectivity index (χ0n) is 10.9. The first kappa shape index (κ1) is 13.6. The summed E-state index contributed by atoms with van der Waals surface area (Å²) >= 11 is 13.8. The summed E-state index contributed by atoms with van der Waals surface area (Å²) in [6, 6.07) is 7.87. The molecule has 2 heterocycles. The van der Waals surface area contributed by atoms with Gasteiger partial charge in [0.1, 0.15) is 10.6 Å². The molecule has 3 nitrogen and oxygen atoms in total. The summed E-state index contributed by atoms with van der Waals surface area (Å²) in [7, 11) is 0. The van der Waals surface area contributed by atoms with Gasteiger partial charge < -0.3 is 5.32 Å². The minimum absolute atomic E-state index is 0.227. The molecule has 0 bridgehead atoms. The number of aromatic nitrogens is 2. The number of nitrogens with zero attached hydrogens (tertiary/aromatic N) is 2. The fraction of sp³-hybridized carbons (Fsp3) is 0.143. The number of aryl methyl sites for hydroxylation is 2. The van der Waals surface area contributed by atoms with Gasteiger partial charge >= 0.3 is 0 Å². The molecular weight excluding hydrogens is 313 g/mol. The summed E-state index contributed by atoms with van der Waals surface area (Å²) in [5.74, 6) is 0.676. The van der Waals surface area contributed by atoms with Crippen molar-refractivity contribution in [2.75, 3.05) is 5.32 Å². The first-order valence-electron chi connectivity index (χ1n) is 6.00. The van der Waals surface area contributed by atoms with Crippen LogP contribution in [0.3, 0.4) is 0 Å². The molecule has 1 aromatic carbocycles. The highest BCUT2D eigenvalue weighted by molar-refractivity contribution is 7.18. The van der Waals surface area contributed by atoms with E-state index in [9.17, 15) is 0 Å². The molecule has 0 amide bonds. The average Bonchev–Trinajstić information content (AvgIpc) is 2.73. The van der Waals surface area contributed by atoms with Crippen LogP contribution in [0.4, 0.5) is 11.5 Å². The predicted molar refractivity (Wildman–Crippen MR) is 86.6 cm³/mol. The first-order chi connectivity index (χ1) is 9.52. The van der Waals surface area contributed by atoms with E-state index in [1.54, 1.807) is 11.3 Å². The Morgan fingerprint density at radius 1 is 1.10 bits per heavy atom. The van der Waals surface area contributed by atoms with Crippen LogP contribution in [0.15, 0.2) is 24.3 Å². The molecule has 0 unspecified atom stereocenters. The van der Waals surface area contributed by atoms with Crippen LogP contribution in [0.5, 0.6) is 0 Å². The Hall–Kier alpha value is -1.36. The normalized spacial score (nSPS) is 11.0. The van der Waals surface area contributed by atoms with Crippen molar-refractivity contribution in [2.45, 2.75) is 13.8 Å². The Balaban J connectivity index is 2.10. The largest absolute Gasteiger partial charge is 0.338 e. The highest BCUT2D eigenvalue weighted by atomic mass is 35.5. The van der Waals surface area contributed by atoms with E-state index in [4.69, 9.17) is 23.2 Å². The van der Waals surface area contributed by atoms with Crippen molar-refractivity contribution in [1.82, 2.24) is 9.97 Å². The number of nitrogens with one attached hydrogen (secondary N) is 1. The number of rotatable bonds is 2. The predicted octanol–water partition coefficient (Wildman–Crippen LogP) is 5.36. The molecule has 0 saturated carbocycles. The third-order valence-corrected chi connectivity index (χ3v) is 4.29. The van der Waals surface area contributed by atoms with Crippen LogP contribution in [-0.4, -0.2) is 9.97 Å². The highest BCUT2D eigenvalue weighted by Gasteiger charge is 2.11. The molecule has 102 valence electrons. The van der Waals surface area contributed by atoms with E-state index in [0.29, 0.717) is 10.8 Å². The molecule has 2 aromatic heterocycles. The van der Waals surface area contributed by atoms with Gasteiger partial charge in [0.05, 0.1) is 16.1 Å². The van der Waals surface area contributed by atoms with Crippen LogP contribution in [0.2, 0.25) is 10.3 Å². The molecule has 20 heavy (non-hydrogen) atoms. The van der Waals surface area contributed by atoms with E-state index in [2.05, 4.69) is 15.3 Å². The number of anilines is 2. The molecule has 3 rings (SSSR count). The summed E-state index contributed by atoms with van der Waals surface area (Å²) in [5.41, 5.74) is 1.91. The van der Waals surface area contributed by atoms with Gasteiger partial charge in [0.15, 0.2) is 0 Å². The number of fused-ring (bicyclic) bond motifs is 1. The highest BCUT2D eigenvalue weighted by Crippen LogP contribution is 2.33. The Labute approximate surface area is 130 Å². The molecule has 1 N–H and O–H groups in total. The second kappa shape index (κ2) is 5.20. The maximum Gasteiger partial charge on any atom is 0.225 e. The van der Waals surface area contributed by atoms with Crippen molar-refractivity contribution in [3.8, 4) is 0 Å². The lowest BCUT2D eigenvalue weighted by molar-refractivity contribution is 1.23. The summed E-state index contributed by atoms with van der Waals surface area (Å²) in [6.45, 7) is 4.03. The lowest BCUT2D eigenvalue weighted by Gasteiger charge is -2.09. The van der Waals surface area contributed by atoms with Crippen LogP contribution in [0, 0.1) is 13.8 Å². The van der Waals surface area contributed by atoms with Crippen molar-refractivity contribution < 1.29 is 0 Å². The van der Waals surface area contributed by atoms with E-state index in [0.717, 1.165) is 26.3 Å². The summed E-state index contributed by atoms with van der Waals surface area (Å²) in [4.78, 5) is 10.5. The van der Waals surface area contributed by atoms with Gasteiger partial charge in [0.2, 0.25) is 5.28 Å². The Bertz CT molecular complexity index is 798. The van der Waals surface area contributed by atoms with Gasteiger partial charge in [-0.15, -0.1) is 11.3 Å². The van der Waals surface area contributed by atoms with Gasteiger partial charge in [0.25, 0.3) is 0 Å². The summed E-state index contributed by atoms with van der Waals surface area (Å²) in [6.07, 6.45) is 0. The van der Waals surface area contributed by atoms with E-state index < -0.39 is 0 Å². The van der Waals surface area contributed by atoms with Gasteiger partial charge in [-0.25, -0.2) is 4.98 Å². The molecule has 0 atom stereocenters. The smallest absolute Gasteiger partial charge is 0.225 e. The third-order valence-electron chi connectivity index (χ3n) is 2.87. The van der Waals surface area contributed by atoms with E-state index in [1.165, 1.54) is 0 Å². The Morgan fingerprint density at radius 2 is 1.90 bits per heavy atom. The van der Waals surface area contributed by atoms with E-state index in [-0.39, 0.29) is 5.28 Å². The van der Waals surface area contributed by atoms with Crippen LogP contribution in [0.25, 0.3) is 10.2 Å². The SMILES string of the molecule is Cc1ccc(Nc2nc(Cl)nc3sc(C)cc23)c(Cl)c1. The Kier molecular flexibility index (Phi) is 3.54. The van der Waals surface area contributed by atoms with E-state index >= 15 is 0 Å². The fourth-order valence-corrected chi connectivity index (χ4v) is 3.34. The average molecular weight is 324 g/mol. The van der Waals surface area contributed by atoms with Gasteiger partial charge in [-0.1, -0.05) is 17.7 Å². The maximum atomic E-state index is 6.24. The number of benzene rings is 1. The van der Waals surface area contributed by atoms with Gasteiger partial charge in [-0.05, 0) is 49.2 Å². The number of thiophene rings is 1. The first-order valence-corrected chi connectivity index (χ1v) is 7.57. The molecule has 6 heteroatoms. The van der Waals surface area contributed by atoms with Crippen LogP contribution in [0.1, 0.15) is 10.4 Å². The zero-order valence-corrected chi connectivity index (χ0v) is 13.2. The van der Waals surface area contributed by atoms with Gasteiger partial charge in [-0.2, -0.15) is 4.98 Å². The Morgan fingerprint density at radius 3 is 2.65 bits per heavy atom. The molecule has 3 aromatic rings. The van der Waals surface area contributed by atoms with Crippen molar-refractivity contribution in [3.05, 3.63) is 45.0 Å². The topological polar surface area (TPSA) is 37.8 Å². The second-order valence-electron chi connectivity index (χ2n) is 4.53. The van der Waals surface area contributed by atoms with E-state index in [1.807, 2.05) is 38.1 Å². The molecule has 0 spiro atoms. The lowest BCUT2D eigenvalue weighted by atomic mass is 10.2. The minimum Gasteiger partial charge on any atom is -0.338 e. The third kappa shape index (κ3) is 2.59. The van der Waals surface area contributed by atoms with Crippen LogP contribution in [-0.2, 0) is 0 Å². The second-order valence-corrected chi connectivity index (χ2v) is 6.51. The number of halogens is 2. The number of hydrogen-bond acceptors (Lipinski definition) is 4. The van der Waals surface area contributed by atoms with Crippen molar-refractivity contribution in [3.63, 3.8) is 0 Å². The number of hydrogen-bond donors (Lipinski definition) is 1. The molecule has 0 aliphatic carbocycles. The molecule has 0 aliphatic rings. The molecule has 0 aliphatic heterocycles. The summed E-state index contributed by atoms with van der Waals surface area (Å²) in [5, 5.41) is 5.07. The molecule has 0 radical (unpaired) electrons. The molecule has 0 fully saturated rings. The van der Waals surface area contributed by atoms with Crippen molar-refractivity contribution in [1.29, 1.82) is 0 Å². The van der Waals surface area contributed by atoms with Gasteiger partial charge in [0, 0.05) is 4.88 Å². The van der Waals surface area contributed by atoms with Crippen molar-refractivity contribution >= 4 is 56.3 Å². The fourth-order valence-electron chi connectivity index (χ4n) is 1.96. The standard InChI is InChI=1S/C14H11Cl2N3S/c1-7-3-4-11(10(15)5-7)17-12-9-6-8(2)20-13(9)19-14(16)18-12/h3-6H,1-2H3,(H,17,18,19). The quantitative estimate of drug-likeness (QED) is 0.645. The van der Waals surface area contributed by atoms with Crippen LogP contribution >= 0.6 is 34.5 Å². The monoisotopic (exact) mass is 323 g/mol. The zero-order chi connectivity index (χ0) is 14.3. The molecule has 0 saturated heterocycles. The van der Waals surface area contributed by atoms with Gasteiger partial charge in [-0.3, -0.25) is 0 Å². The lowest BCUT2D eigenvalue weighted by Crippen LogP contribution is -1.96. The molecular formula is C14H11Cl2N3S. The van der Waals surface area contributed by atoms with Crippen LogP contribution < -0.4 is 5.32 Å².